The molecule has 1 atom stereocenters. The standard InChI is InChI=1S/C17H23BrN4OS/c1-10(2)22(11(3)4)16(23)12(5)24-17-19-15(20-21-17)13-8-6-7-9-14(13)18/h6-12H,1-5H3,(H,19,20,21)/t12-/m0/s1. The Labute approximate surface area is 155 Å². The van der Waals surface area contributed by atoms with Crippen LogP contribution in [0.4, 0.5) is 0 Å². The summed E-state index contributed by atoms with van der Waals surface area (Å²) in [7, 11) is 0. The SMILES string of the molecule is CC(C)N(C(=O)[C@H](C)Sc1n[nH]c(-c2ccccc2Br)n1)C(C)C. The third kappa shape index (κ3) is 4.39. The largest absolute Gasteiger partial charge is 0.337 e. The quantitative estimate of drug-likeness (QED) is 0.718. The van der Waals surface area contributed by atoms with E-state index in [0.29, 0.717) is 11.0 Å². The first-order valence-electron chi connectivity index (χ1n) is 7.97. The third-order valence-electron chi connectivity index (χ3n) is 3.59. The number of benzene rings is 1. The molecule has 1 aromatic heterocycles. The molecule has 1 amide bonds. The number of amides is 1. The minimum absolute atomic E-state index is 0.109. The molecule has 130 valence electrons. The van der Waals surface area contributed by atoms with Gasteiger partial charge in [0.15, 0.2) is 5.82 Å². The fourth-order valence-electron chi connectivity index (χ4n) is 2.60. The summed E-state index contributed by atoms with van der Waals surface area (Å²) in [6, 6.07) is 8.16. The van der Waals surface area contributed by atoms with Gasteiger partial charge < -0.3 is 4.90 Å². The van der Waals surface area contributed by atoms with E-state index < -0.39 is 0 Å². The van der Waals surface area contributed by atoms with E-state index in [1.165, 1.54) is 11.8 Å². The maximum Gasteiger partial charge on any atom is 0.236 e. The van der Waals surface area contributed by atoms with E-state index in [0.717, 1.165) is 10.0 Å². The van der Waals surface area contributed by atoms with Gasteiger partial charge in [0.2, 0.25) is 11.1 Å². The van der Waals surface area contributed by atoms with Gasteiger partial charge in [0, 0.05) is 22.1 Å². The molecule has 24 heavy (non-hydrogen) atoms. The molecule has 2 aromatic rings. The molecule has 0 saturated carbocycles. The number of aromatic nitrogens is 3. The number of nitrogens with one attached hydrogen (secondary N) is 1. The highest BCUT2D eigenvalue weighted by atomic mass is 79.9. The first-order chi connectivity index (χ1) is 11.3. The van der Waals surface area contributed by atoms with E-state index >= 15 is 0 Å². The van der Waals surface area contributed by atoms with Gasteiger partial charge in [0.1, 0.15) is 0 Å². The van der Waals surface area contributed by atoms with Crippen molar-refractivity contribution in [1.29, 1.82) is 0 Å². The van der Waals surface area contributed by atoms with Crippen LogP contribution in [-0.2, 0) is 4.79 Å². The lowest BCUT2D eigenvalue weighted by molar-refractivity contribution is -0.133. The van der Waals surface area contributed by atoms with E-state index in [1.54, 1.807) is 0 Å². The summed E-state index contributed by atoms with van der Waals surface area (Å²) in [5.74, 6) is 0.798. The molecule has 1 heterocycles. The van der Waals surface area contributed by atoms with Crippen LogP contribution in [0.2, 0.25) is 0 Å². The summed E-state index contributed by atoms with van der Waals surface area (Å²) >= 11 is 4.89. The first-order valence-corrected chi connectivity index (χ1v) is 9.64. The van der Waals surface area contributed by atoms with E-state index in [-0.39, 0.29) is 23.2 Å². The Morgan fingerprint density at radius 3 is 2.38 bits per heavy atom. The summed E-state index contributed by atoms with van der Waals surface area (Å²) in [5.41, 5.74) is 0.946. The number of hydrogen-bond acceptors (Lipinski definition) is 4. The monoisotopic (exact) mass is 410 g/mol. The average Bonchev–Trinajstić information content (AvgIpc) is 2.95. The zero-order valence-electron chi connectivity index (χ0n) is 14.6. The lowest BCUT2D eigenvalue weighted by Gasteiger charge is -2.32. The van der Waals surface area contributed by atoms with Crippen molar-refractivity contribution in [2.45, 2.75) is 57.1 Å². The van der Waals surface area contributed by atoms with Crippen LogP contribution in [0.15, 0.2) is 33.9 Å². The Balaban J connectivity index is 2.12. The molecule has 0 spiro atoms. The van der Waals surface area contributed by atoms with E-state index in [1.807, 2.05) is 63.8 Å². The van der Waals surface area contributed by atoms with Crippen LogP contribution in [-0.4, -0.2) is 43.3 Å². The van der Waals surface area contributed by atoms with Crippen LogP contribution >= 0.6 is 27.7 Å². The lowest BCUT2D eigenvalue weighted by Crippen LogP contribution is -2.45. The number of nitrogens with zero attached hydrogens (tertiary/aromatic N) is 3. The van der Waals surface area contributed by atoms with Gasteiger partial charge in [0.05, 0.1) is 5.25 Å². The maximum absolute atomic E-state index is 12.7. The summed E-state index contributed by atoms with van der Waals surface area (Å²) in [4.78, 5) is 19.1. The minimum Gasteiger partial charge on any atom is -0.337 e. The van der Waals surface area contributed by atoms with Crippen molar-refractivity contribution in [3.63, 3.8) is 0 Å². The zero-order valence-corrected chi connectivity index (χ0v) is 17.0. The highest BCUT2D eigenvalue weighted by Crippen LogP contribution is 2.28. The van der Waals surface area contributed by atoms with Crippen LogP contribution in [0.25, 0.3) is 11.4 Å². The molecule has 0 bridgehead atoms. The zero-order chi connectivity index (χ0) is 17.9. The average molecular weight is 411 g/mol. The molecule has 0 saturated heterocycles. The topological polar surface area (TPSA) is 61.9 Å². The van der Waals surface area contributed by atoms with E-state index in [4.69, 9.17) is 0 Å². The van der Waals surface area contributed by atoms with E-state index in [2.05, 4.69) is 31.1 Å². The molecule has 0 aliphatic rings. The Bertz CT molecular complexity index is 693. The van der Waals surface area contributed by atoms with Crippen LogP contribution in [0.1, 0.15) is 34.6 Å². The number of carbonyl (C=O) groups excluding carboxylic acids is 1. The summed E-state index contributed by atoms with van der Waals surface area (Å²) in [6.45, 7) is 10.0. The predicted molar refractivity (Wildman–Crippen MR) is 102 cm³/mol. The Hall–Kier alpha value is -1.34. The van der Waals surface area contributed by atoms with Gasteiger partial charge in [-0.1, -0.05) is 45.9 Å². The molecule has 1 aromatic carbocycles. The smallest absolute Gasteiger partial charge is 0.236 e. The van der Waals surface area contributed by atoms with Crippen molar-refractivity contribution < 1.29 is 4.79 Å². The van der Waals surface area contributed by atoms with Gasteiger partial charge >= 0.3 is 0 Å². The first kappa shape index (κ1) is 19.0. The highest BCUT2D eigenvalue weighted by molar-refractivity contribution is 9.10. The van der Waals surface area contributed by atoms with Gasteiger partial charge in [-0.3, -0.25) is 9.89 Å². The van der Waals surface area contributed by atoms with Crippen molar-refractivity contribution in [1.82, 2.24) is 20.1 Å². The Morgan fingerprint density at radius 2 is 1.79 bits per heavy atom. The maximum atomic E-state index is 12.7. The highest BCUT2D eigenvalue weighted by Gasteiger charge is 2.26. The van der Waals surface area contributed by atoms with Gasteiger partial charge in [0.25, 0.3) is 0 Å². The number of thioether (sulfide) groups is 1. The molecule has 7 heteroatoms. The molecule has 1 N–H and O–H groups in total. The second-order valence-electron chi connectivity index (χ2n) is 6.14. The predicted octanol–water partition coefficient (Wildman–Crippen LogP) is 4.36. The van der Waals surface area contributed by atoms with Gasteiger partial charge in [-0.25, -0.2) is 4.98 Å². The molecule has 0 fully saturated rings. The van der Waals surface area contributed by atoms with Crippen molar-refractivity contribution in [3.8, 4) is 11.4 Å². The van der Waals surface area contributed by atoms with Crippen LogP contribution in [0, 0.1) is 0 Å². The second-order valence-corrected chi connectivity index (χ2v) is 8.30. The second kappa shape index (κ2) is 8.16. The number of aromatic amines is 1. The molecular weight excluding hydrogens is 388 g/mol. The van der Waals surface area contributed by atoms with Crippen molar-refractivity contribution in [2.24, 2.45) is 0 Å². The van der Waals surface area contributed by atoms with Crippen LogP contribution < -0.4 is 0 Å². The number of hydrogen-bond donors (Lipinski definition) is 1. The number of rotatable bonds is 6. The van der Waals surface area contributed by atoms with Crippen LogP contribution in [0.5, 0.6) is 0 Å². The number of halogens is 1. The molecule has 2 rings (SSSR count). The minimum atomic E-state index is -0.238. The molecular formula is C17H23BrN4OS. The Morgan fingerprint density at radius 1 is 1.17 bits per heavy atom. The Kier molecular flexibility index (Phi) is 6.46. The number of H-pyrrole nitrogens is 1. The molecule has 5 nitrogen and oxygen atoms in total. The lowest BCUT2D eigenvalue weighted by atomic mass is 10.2. The van der Waals surface area contributed by atoms with Gasteiger partial charge in [-0.15, -0.1) is 5.10 Å². The van der Waals surface area contributed by atoms with Gasteiger partial charge in [-0.2, -0.15) is 0 Å². The van der Waals surface area contributed by atoms with Crippen LogP contribution in [0.3, 0.4) is 0 Å². The van der Waals surface area contributed by atoms with Crippen molar-refractivity contribution >= 4 is 33.6 Å². The molecule has 0 radical (unpaired) electrons. The van der Waals surface area contributed by atoms with Crippen molar-refractivity contribution in [2.75, 3.05) is 0 Å². The third-order valence-corrected chi connectivity index (χ3v) is 5.23. The number of carbonyl (C=O) groups is 1. The summed E-state index contributed by atoms with van der Waals surface area (Å²) in [6.07, 6.45) is 0. The normalized spacial score (nSPS) is 12.7. The molecule has 0 unspecified atom stereocenters. The summed E-state index contributed by atoms with van der Waals surface area (Å²) in [5, 5.41) is 7.53. The molecule has 0 aliphatic heterocycles. The fourth-order valence-corrected chi connectivity index (χ4v) is 3.85. The summed E-state index contributed by atoms with van der Waals surface area (Å²) < 4.78 is 0.951. The van der Waals surface area contributed by atoms with E-state index in [9.17, 15) is 4.79 Å². The fraction of sp³-hybridized carbons (Fsp3) is 0.471. The van der Waals surface area contributed by atoms with Gasteiger partial charge in [-0.05, 0) is 40.7 Å². The molecule has 0 aliphatic carbocycles. The van der Waals surface area contributed by atoms with Crippen molar-refractivity contribution in [3.05, 3.63) is 28.7 Å².